The number of aryl methyl sites for hydroxylation is 3. The minimum absolute atomic E-state index is 0.241. The van der Waals surface area contributed by atoms with Crippen LogP contribution in [0.5, 0.6) is 0 Å². The third kappa shape index (κ3) is 3.19. The average Bonchev–Trinajstić information content (AvgIpc) is 3.02. The maximum atomic E-state index is 12.3. The van der Waals surface area contributed by atoms with Gasteiger partial charge in [-0.15, -0.1) is 0 Å². The molecule has 0 aliphatic heterocycles. The van der Waals surface area contributed by atoms with E-state index in [-0.39, 0.29) is 5.91 Å². The van der Waals surface area contributed by atoms with Crippen LogP contribution in [0.2, 0.25) is 0 Å². The highest BCUT2D eigenvalue weighted by atomic mass is 16.3. The minimum Gasteiger partial charge on any atom is -0.451 e. The fraction of sp³-hybridized carbons (Fsp3) is 0.150. The number of carbonyl (C=O) groups is 1. The van der Waals surface area contributed by atoms with E-state index in [4.69, 9.17) is 4.42 Å². The van der Waals surface area contributed by atoms with Gasteiger partial charge in [0.15, 0.2) is 5.76 Å². The maximum Gasteiger partial charge on any atom is 0.291 e. The van der Waals surface area contributed by atoms with Crippen molar-refractivity contribution in [2.24, 2.45) is 0 Å². The number of anilines is 1. The van der Waals surface area contributed by atoms with Gasteiger partial charge in [0.05, 0.1) is 0 Å². The molecular formula is C20H19NO2. The first-order valence-corrected chi connectivity index (χ1v) is 7.59. The second-order valence-corrected chi connectivity index (χ2v) is 5.73. The van der Waals surface area contributed by atoms with Gasteiger partial charge < -0.3 is 9.73 Å². The van der Waals surface area contributed by atoms with E-state index in [1.807, 2.05) is 43.3 Å². The molecule has 0 aliphatic carbocycles. The fourth-order valence-corrected chi connectivity index (χ4v) is 2.41. The number of furan rings is 1. The summed E-state index contributed by atoms with van der Waals surface area (Å²) in [6.45, 7) is 6.09. The van der Waals surface area contributed by atoms with Gasteiger partial charge in [-0.2, -0.15) is 0 Å². The Morgan fingerprint density at radius 1 is 0.870 bits per heavy atom. The van der Waals surface area contributed by atoms with Gasteiger partial charge in [-0.05, 0) is 61.7 Å². The molecule has 3 heteroatoms. The van der Waals surface area contributed by atoms with E-state index >= 15 is 0 Å². The predicted octanol–water partition coefficient (Wildman–Crippen LogP) is 5.12. The third-order valence-corrected chi connectivity index (χ3v) is 4.01. The number of para-hydroxylation sites is 1. The van der Waals surface area contributed by atoms with Crippen molar-refractivity contribution in [3.8, 4) is 11.3 Å². The maximum absolute atomic E-state index is 12.3. The summed E-state index contributed by atoms with van der Waals surface area (Å²) in [6.07, 6.45) is 0. The lowest BCUT2D eigenvalue weighted by Crippen LogP contribution is -2.11. The van der Waals surface area contributed by atoms with Crippen LogP contribution < -0.4 is 5.32 Å². The molecule has 116 valence electrons. The van der Waals surface area contributed by atoms with Crippen molar-refractivity contribution in [1.82, 2.24) is 0 Å². The van der Waals surface area contributed by atoms with Gasteiger partial charge in [-0.25, -0.2) is 0 Å². The van der Waals surface area contributed by atoms with Crippen LogP contribution in [0.15, 0.2) is 59.0 Å². The quantitative estimate of drug-likeness (QED) is 0.729. The first-order chi connectivity index (χ1) is 11.0. The third-order valence-electron chi connectivity index (χ3n) is 4.01. The van der Waals surface area contributed by atoms with Crippen LogP contribution in [-0.2, 0) is 0 Å². The molecule has 23 heavy (non-hydrogen) atoms. The van der Waals surface area contributed by atoms with Gasteiger partial charge in [0.1, 0.15) is 5.76 Å². The molecule has 0 fully saturated rings. The Labute approximate surface area is 136 Å². The SMILES string of the molecule is Cc1ccc(-c2ccc(C(=O)Nc3ccccc3C)o2)cc1C. The minimum atomic E-state index is -0.241. The van der Waals surface area contributed by atoms with E-state index in [0.717, 1.165) is 16.8 Å². The zero-order valence-electron chi connectivity index (χ0n) is 13.5. The number of amides is 1. The van der Waals surface area contributed by atoms with Crippen LogP contribution in [-0.4, -0.2) is 5.91 Å². The largest absolute Gasteiger partial charge is 0.451 e. The molecule has 0 atom stereocenters. The second-order valence-electron chi connectivity index (χ2n) is 5.73. The van der Waals surface area contributed by atoms with Gasteiger partial charge >= 0.3 is 0 Å². The van der Waals surface area contributed by atoms with Gasteiger partial charge in [-0.3, -0.25) is 4.79 Å². The van der Waals surface area contributed by atoms with Crippen LogP contribution in [0.25, 0.3) is 11.3 Å². The molecule has 0 radical (unpaired) electrons. The van der Waals surface area contributed by atoms with E-state index in [0.29, 0.717) is 11.5 Å². The Hall–Kier alpha value is -2.81. The predicted molar refractivity (Wildman–Crippen MR) is 92.8 cm³/mol. The molecular weight excluding hydrogens is 286 g/mol. The van der Waals surface area contributed by atoms with Crippen molar-refractivity contribution in [2.45, 2.75) is 20.8 Å². The van der Waals surface area contributed by atoms with Gasteiger partial charge in [0, 0.05) is 11.3 Å². The monoisotopic (exact) mass is 305 g/mol. The van der Waals surface area contributed by atoms with Crippen LogP contribution >= 0.6 is 0 Å². The zero-order chi connectivity index (χ0) is 16.4. The average molecular weight is 305 g/mol. The van der Waals surface area contributed by atoms with E-state index in [9.17, 15) is 4.79 Å². The van der Waals surface area contributed by atoms with Crippen LogP contribution in [0.3, 0.4) is 0 Å². The number of carbonyl (C=O) groups excluding carboxylic acids is 1. The van der Waals surface area contributed by atoms with E-state index in [2.05, 4.69) is 31.3 Å². The van der Waals surface area contributed by atoms with Crippen molar-refractivity contribution >= 4 is 11.6 Å². The lowest BCUT2D eigenvalue weighted by atomic mass is 10.1. The molecule has 3 aromatic rings. The molecule has 0 aliphatic rings. The summed E-state index contributed by atoms with van der Waals surface area (Å²) in [5.41, 5.74) is 5.22. The first-order valence-electron chi connectivity index (χ1n) is 7.59. The van der Waals surface area contributed by atoms with E-state index < -0.39 is 0 Å². The molecule has 3 rings (SSSR count). The van der Waals surface area contributed by atoms with Crippen molar-refractivity contribution in [3.63, 3.8) is 0 Å². The van der Waals surface area contributed by atoms with Crippen LogP contribution in [0.1, 0.15) is 27.2 Å². The molecule has 0 unspecified atom stereocenters. The normalized spacial score (nSPS) is 10.6. The molecule has 1 heterocycles. The van der Waals surface area contributed by atoms with Crippen LogP contribution in [0.4, 0.5) is 5.69 Å². The second kappa shape index (κ2) is 6.13. The lowest BCUT2D eigenvalue weighted by molar-refractivity contribution is 0.0997. The molecule has 0 bridgehead atoms. The molecule has 1 aromatic heterocycles. The summed E-state index contributed by atoms with van der Waals surface area (Å²) in [4.78, 5) is 12.3. The first kappa shape index (κ1) is 15.1. The van der Waals surface area contributed by atoms with Crippen molar-refractivity contribution in [1.29, 1.82) is 0 Å². The lowest BCUT2D eigenvalue weighted by Gasteiger charge is -2.06. The molecule has 1 amide bonds. The summed E-state index contributed by atoms with van der Waals surface area (Å²) in [7, 11) is 0. The smallest absolute Gasteiger partial charge is 0.291 e. The molecule has 0 spiro atoms. The Bertz CT molecular complexity index is 862. The Morgan fingerprint density at radius 2 is 1.65 bits per heavy atom. The summed E-state index contributed by atoms with van der Waals surface area (Å²) in [5, 5.41) is 2.88. The van der Waals surface area contributed by atoms with Crippen molar-refractivity contribution < 1.29 is 9.21 Å². The standard InChI is InChI=1S/C20H19NO2/c1-13-8-9-16(12-15(13)3)18-10-11-19(23-18)20(22)21-17-7-5-4-6-14(17)2/h4-12H,1-3H3,(H,21,22). The number of nitrogens with one attached hydrogen (secondary N) is 1. The number of hydrogen-bond donors (Lipinski definition) is 1. The number of hydrogen-bond acceptors (Lipinski definition) is 2. The van der Waals surface area contributed by atoms with Crippen LogP contribution in [0, 0.1) is 20.8 Å². The van der Waals surface area contributed by atoms with E-state index in [1.54, 1.807) is 6.07 Å². The van der Waals surface area contributed by atoms with Gasteiger partial charge in [0.2, 0.25) is 0 Å². The molecule has 0 saturated heterocycles. The summed E-state index contributed by atoms with van der Waals surface area (Å²) < 4.78 is 5.73. The molecule has 0 saturated carbocycles. The molecule has 2 aromatic carbocycles. The highest BCUT2D eigenvalue weighted by Gasteiger charge is 2.13. The Morgan fingerprint density at radius 3 is 2.39 bits per heavy atom. The van der Waals surface area contributed by atoms with Gasteiger partial charge in [-0.1, -0.05) is 30.3 Å². The Balaban J connectivity index is 1.82. The van der Waals surface area contributed by atoms with E-state index in [1.165, 1.54) is 11.1 Å². The number of rotatable bonds is 3. The molecule has 3 nitrogen and oxygen atoms in total. The zero-order valence-corrected chi connectivity index (χ0v) is 13.5. The fourth-order valence-electron chi connectivity index (χ4n) is 2.41. The topological polar surface area (TPSA) is 42.2 Å². The Kier molecular flexibility index (Phi) is 4.02. The summed E-state index contributed by atoms with van der Waals surface area (Å²) in [5.74, 6) is 0.763. The summed E-state index contributed by atoms with van der Waals surface area (Å²) >= 11 is 0. The summed E-state index contributed by atoms with van der Waals surface area (Å²) in [6, 6.07) is 17.3. The highest BCUT2D eigenvalue weighted by Crippen LogP contribution is 2.25. The number of benzene rings is 2. The molecule has 1 N–H and O–H groups in total. The van der Waals surface area contributed by atoms with Crippen molar-refractivity contribution in [3.05, 3.63) is 77.0 Å². The van der Waals surface area contributed by atoms with Gasteiger partial charge in [0.25, 0.3) is 5.91 Å². The highest BCUT2D eigenvalue weighted by molar-refractivity contribution is 6.03. The van der Waals surface area contributed by atoms with Crippen molar-refractivity contribution in [2.75, 3.05) is 5.32 Å².